The standard InChI is InChI=1S/C18H17NO4/c20-17-10-14(18(21)22)12-19(17)11-13-6-4-5-9-16(13)23-15-7-2-1-3-8-15/h1-9,14H,10-12H2,(H,21,22). The van der Waals surface area contributed by atoms with Crippen molar-refractivity contribution in [2.45, 2.75) is 13.0 Å². The first kappa shape index (κ1) is 15.1. The average Bonchev–Trinajstić information content (AvgIpc) is 2.92. The number of carboxylic acid groups (broad SMARTS) is 1. The van der Waals surface area contributed by atoms with Gasteiger partial charge in [0.25, 0.3) is 0 Å². The highest BCUT2D eigenvalue weighted by Gasteiger charge is 2.34. The van der Waals surface area contributed by atoms with Gasteiger partial charge in [-0.25, -0.2) is 0 Å². The number of rotatable bonds is 5. The van der Waals surface area contributed by atoms with Crippen molar-refractivity contribution in [1.82, 2.24) is 4.90 Å². The fourth-order valence-electron chi connectivity index (χ4n) is 2.65. The van der Waals surface area contributed by atoms with Crippen LogP contribution in [0.15, 0.2) is 54.6 Å². The molecule has 0 spiro atoms. The van der Waals surface area contributed by atoms with Gasteiger partial charge >= 0.3 is 5.97 Å². The minimum atomic E-state index is -0.922. The van der Waals surface area contributed by atoms with Crippen LogP contribution < -0.4 is 4.74 Å². The largest absolute Gasteiger partial charge is 0.481 e. The fraction of sp³-hybridized carbons (Fsp3) is 0.222. The maximum Gasteiger partial charge on any atom is 0.308 e. The lowest BCUT2D eigenvalue weighted by molar-refractivity contribution is -0.141. The number of nitrogens with zero attached hydrogens (tertiary/aromatic N) is 1. The second-order valence-electron chi connectivity index (χ2n) is 5.54. The van der Waals surface area contributed by atoms with Gasteiger partial charge in [-0.3, -0.25) is 9.59 Å². The molecule has 1 saturated heterocycles. The summed E-state index contributed by atoms with van der Waals surface area (Å²) in [6, 6.07) is 16.9. The van der Waals surface area contributed by atoms with E-state index in [1.54, 1.807) is 4.90 Å². The molecule has 5 heteroatoms. The number of carbonyl (C=O) groups excluding carboxylic acids is 1. The molecule has 1 amide bonds. The molecule has 0 bridgehead atoms. The molecule has 1 N–H and O–H groups in total. The summed E-state index contributed by atoms with van der Waals surface area (Å²) in [4.78, 5) is 24.6. The highest BCUT2D eigenvalue weighted by molar-refractivity contribution is 5.86. The van der Waals surface area contributed by atoms with Crippen molar-refractivity contribution in [1.29, 1.82) is 0 Å². The van der Waals surface area contributed by atoms with Gasteiger partial charge in [0, 0.05) is 25.1 Å². The number of hydrogen-bond donors (Lipinski definition) is 1. The summed E-state index contributed by atoms with van der Waals surface area (Å²) < 4.78 is 5.88. The van der Waals surface area contributed by atoms with Crippen LogP contribution in [-0.2, 0) is 16.1 Å². The number of ether oxygens (including phenoxy) is 1. The quantitative estimate of drug-likeness (QED) is 0.922. The number of aliphatic carboxylic acids is 1. The Hall–Kier alpha value is -2.82. The van der Waals surface area contributed by atoms with E-state index in [9.17, 15) is 9.59 Å². The molecule has 3 rings (SSSR count). The topological polar surface area (TPSA) is 66.8 Å². The van der Waals surface area contributed by atoms with Gasteiger partial charge in [0.2, 0.25) is 5.91 Å². The number of hydrogen-bond acceptors (Lipinski definition) is 3. The molecule has 0 aliphatic carbocycles. The Bertz CT molecular complexity index is 714. The van der Waals surface area contributed by atoms with E-state index in [1.165, 1.54) is 0 Å². The minimum absolute atomic E-state index is 0.0665. The number of likely N-dealkylation sites (tertiary alicyclic amines) is 1. The highest BCUT2D eigenvalue weighted by Crippen LogP contribution is 2.28. The third kappa shape index (κ3) is 3.51. The van der Waals surface area contributed by atoms with Crippen molar-refractivity contribution < 1.29 is 19.4 Å². The van der Waals surface area contributed by atoms with Crippen LogP contribution in [0.2, 0.25) is 0 Å². The molecule has 5 nitrogen and oxygen atoms in total. The average molecular weight is 311 g/mol. The zero-order valence-electron chi connectivity index (χ0n) is 12.5. The van der Waals surface area contributed by atoms with Gasteiger partial charge in [-0.15, -0.1) is 0 Å². The molecule has 1 heterocycles. The maximum absolute atomic E-state index is 12.0. The summed E-state index contributed by atoms with van der Waals surface area (Å²) in [5.74, 6) is -0.285. The fourth-order valence-corrected chi connectivity index (χ4v) is 2.65. The van der Waals surface area contributed by atoms with E-state index >= 15 is 0 Å². The van der Waals surface area contributed by atoms with Crippen molar-refractivity contribution in [3.8, 4) is 11.5 Å². The smallest absolute Gasteiger partial charge is 0.308 e. The Kier molecular flexibility index (Phi) is 4.28. The zero-order chi connectivity index (χ0) is 16.2. The first-order chi connectivity index (χ1) is 11.1. The Morgan fingerprint density at radius 1 is 1.13 bits per heavy atom. The molecule has 118 valence electrons. The molecule has 2 aromatic rings. The normalized spacial score (nSPS) is 17.3. The summed E-state index contributed by atoms with van der Waals surface area (Å²) in [5, 5.41) is 9.06. The third-order valence-corrected chi connectivity index (χ3v) is 3.87. The Morgan fingerprint density at radius 2 is 1.83 bits per heavy atom. The molecule has 0 aromatic heterocycles. The van der Waals surface area contributed by atoms with Crippen molar-refractivity contribution in [3.63, 3.8) is 0 Å². The third-order valence-electron chi connectivity index (χ3n) is 3.87. The van der Waals surface area contributed by atoms with Gasteiger partial charge in [-0.1, -0.05) is 36.4 Å². The van der Waals surface area contributed by atoms with Crippen molar-refractivity contribution in [2.24, 2.45) is 5.92 Å². The van der Waals surface area contributed by atoms with Crippen LogP contribution in [0.5, 0.6) is 11.5 Å². The Labute approximate surface area is 134 Å². The minimum Gasteiger partial charge on any atom is -0.481 e. The summed E-state index contributed by atoms with van der Waals surface area (Å²) in [7, 11) is 0. The molecule has 0 saturated carbocycles. The lowest BCUT2D eigenvalue weighted by Crippen LogP contribution is -2.25. The van der Waals surface area contributed by atoms with Gasteiger partial charge in [0.05, 0.1) is 5.92 Å². The number of para-hydroxylation sites is 2. The van der Waals surface area contributed by atoms with Gasteiger partial charge in [-0.2, -0.15) is 0 Å². The molecular weight excluding hydrogens is 294 g/mol. The van der Waals surface area contributed by atoms with Crippen LogP contribution in [0.1, 0.15) is 12.0 Å². The molecule has 23 heavy (non-hydrogen) atoms. The van der Waals surface area contributed by atoms with Crippen molar-refractivity contribution >= 4 is 11.9 Å². The molecule has 2 aromatic carbocycles. The van der Waals surface area contributed by atoms with Gasteiger partial charge in [0.15, 0.2) is 0 Å². The van der Waals surface area contributed by atoms with Crippen molar-refractivity contribution in [2.75, 3.05) is 6.54 Å². The van der Waals surface area contributed by atoms with E-state index < -0.39 is 11.9 Å². The van der Waals surface area contributed by atoms with E-state index in [1.807, 2.05) is 54.6 Å². The van der Waals surface area contributed by atoms with E-state index in [4.69, 9.17) is 9.84 Å². The van der Waals surface area contributed by atoms with Crippen molar-refractivity contribution in [3.05, 3.63) is 60.2 Å². The monoisotopic (exact) mass is 311 g/mol. The number of carboxylic acids is 1. The van der Waals surface area contributed by atoms with Gasteiger partial charge < -0.3 is 14.7 Å². The lowest BCUT2D eigenvalue weighted by Gasteiger charge is -2.18. The Balaban J connectivity index is 1.76. The van der Waals surface area contributed by atoms with Crippen LogP contribution in [0, 0.1) is 5.92 Å². The van der Waals surface area contributed by atoms with Crippen LogP contribution in [0.3, 0.4) is 0 Å². The van der Waals surface area contributed by atoms with E-state index in [0.717, 1.165) is 11.3 Å². The second-order valence-corrected chi connectivity index (χ2v) is 5.54. The highest BCUT2D eigenvalue weighted by atomic mass is 16.5. The summed E-state index contributed by atoms with van der Waals surface area (Å²) in [6.45, 7) is 0.597. The van der Waals surface area contributed by atoms with Gasteiger partial charge in [-0.05, 0) is 18.2 Å². The van der Waals surface area contributed by atoms with Crippen LogP contribution in [-0.4, -0.2) is 28.4 Å². The SMILES string of the molecule is O=C(O)C1CC(=O)N(Cc2ccccc2Oc2ccccc2)C1. The molecule has 1 unspecified atom stereocenters. The van der Waals surface area contributed by atoms with Crippen LogP contribution in [0.25, 0.3) is 0 Å². The van der Waals surface area contributed by atoms with E-state index in [2.05, 4.69) is 0 Å². The van der Waals surface area contributed by atoms with Crippen LogP contribution in [0.4, 0.5) is 0 Å². The van der Waals surface area contributed by atoms with E-state index in [0.29, 0.717) is 12.3 Å². The molecule has 1 aliphatic rings. The molecule has 0 radical (unpaired) electrons. The molecule has 1 atom stereocenters. The second kappa shape index (κ2) is 6.52. The summed E-state index contributed by atoms with van der Waals surface area (Å²) in [6.07, 6.45) is 0.0665. The Morgan fingerprint density at radius 3 is 2.52 bits per heavy atom. The number of benzene rings is 2. The first-order valence-electron chi connectivity index (χ1n) is 7.45. The number of carbonyl (C=O) groups is 2. The summed E-state index contributed by atoms with van der Waals surface area (Å²) >= 11 is 0. The van der Waals surface area contributed by atoms with Crippen LogP contribution >= 0.6 is 0 Å². The predicted octanol–water partition coefficient (Wildman–Crippen LogP) is 2.91. The first-order valence-corrected chi connectivity index (χ1v) is 7.45. The summed E-state index contributed by atoms with van der Waals surface area (Å²) in [5.41, 5.74) is 0.857. The molecule has 1 fully saturated rings. The van der Waals surface area contributed by atoms with Gasteiger partial charge in [0.1, 0.15) is 11.5 Å². The molecule has 1 aliphatic heterocycles. The lowest BCUT2D eigenvalue weighted by atomic mass is 10.1. The van der Waals surface area contributed by atoms with E-state index in [-0.39, 0.29) is 18.9 Å². The maximum atomic E-state index is 12.0. The molecular formula is C18H17NO4. The number of amides is 1. The predicted molar refractivity (Wildman–Crippen MR) is 84.1 cm³/mol. The zero-order valence-corrected chi connectivity index (χ0v) is 12.5.